The average molecular weight is 375 g/mol. The molecule has 0 heterocycles. The molecule has 1 aromatic carbocycles. The third-order valence-electron chi connectivity index (χ3n) is 3.92. The molecular weight excluding hydrogens is 358 g/mol. The lowest BCUT2D eigenvalue weighted by atomic mass is 9.72. The SMILES string of the molecule is N/C(=N/O)C1(C(=O)Nc2ccc(Cl)cc2Br)CCCCC1. The number of nitrogens with two attached hydrogens (primary N) is 1. The van der Waals surface area contributed by atoms with Crippen LogP contribution in [0.15, 0.2) is 27.8 Å². The van der Waals surface area contributed by atoms with Crippen LogP contribution in [-0.2, 0) is 4.79 Å². The van der Waals surface area contributed by atoms with Gasteiger partial charge in [0.1, 0.15) is 5.41 Å². The van der Waals surface area contributed by atoms with Crippen LogP contribution in [0.1, 0.15) is 32.1 Å². The van der Waals surface area contributed by atoms with Crippen molar-refractivity contribution in [2.75, 3.05) is 5.32 Å². The summed E-state index contributed by atoms with van der Waals surface area (Å²) in [7, 11) is 0. The fourth-order valence-corrected chi connectivity index (χ4v) is 3.47. The number of anilines is 1. The van der Waals surface area contributed by atoms with Crippen molar-refractivity contribution in [1.82, 2.24) is 0 Å². The highest BCUT2D eigenvalue weighted by Crippen LogP contribution is 2.38. The van der Waals surface area contributed by atoms with Crippen molar-refractivity contribution >= 4 is 45.0 Å². The highest BCUT2D eigenvalue weighted by atomic mass is 79.9. The van der Waals surface area contributed by atoms with E-state index in [4.69, 9.17) is 22.5 Å². The van der Waals surface area contributed by atoms with Crippen LogP contribution in [-0.4, -0.2) is 17.0 Å². The molecule has 1 saturated carbocycles. The first-order valence-corrected chi connectivity index (χ1v) is 7.91. The van der Waals surface area contributed by atoms with Gasteiger partial charge in [0.05, 0.1) is 5.69 Å². The summed E-state index contributed by atoms with van der Waals surface area (Å²) in [6.45, 7) is 0. The van der Waals surface area contributed by atoms with Gasteiger partial charge in [0, 0.05) is 9.50 Å². The van der Waals surface area contributed by atoms with E-state index in [9.17, 15) is 4.79 Å². The Hall–Kier alpha value is -1.27. The van der Waals surface area contributed by atoms with Gasteiger partial charge < -0.3 is 16.3 Å². The minimum absolute atomic E-state index is 0.0233. The highest BCUT2D eigenvalue weighted by Gasteiger charge is 2.44. The number of halogens is 2. The maximum atomic E-state index is 12.7. The summed E-state index contributed by atoms with van der Waals surface area (Å²) in [6, 6.07) is 5.11. The molecule has 1 aliphatic rings. The number of benzene rings is 1. The van der Waals surface area contributed by atoms with Crippen molar-refractivity contribution in [2.24, 2.45) is 16.3 Å². The average Bonchev–Trinajstić information content (AvgIpc) is 2.49. The third kappa shape index (κ3) is 3.32. The number of rotatable bonds is 3. The number of carbonyl (C=O) groups is 1. The van der Waals surface area contributed by atoms with E-state index in [0.29, 0.717) is 28.0 Å². The predicted octanol–water partition coefficient (Wildman–Crippen LogP) is 3.74. The first-order valence-electron chi connectivity index (χ1n) is 6.74. The molecule has 0 saturated heterocycles. The largest absolute Gasteiger partial charge is 0.409 e. The van der Waals surface area contributed by atoms with E-state index < -0.39 is 5.41 Å². The second-order valence-corrected chi connectivity index (χ2v) is 6.50. The second kappa shape index (κ2) is 6.66. The van der Waals surface area contributed by atoms with E-state index in [1.807, 2.05) is 0 Å². The predicted molar refractivity (Wildman–Crippen MR) is 86.7 cm³/mol. The maximum Gasteiger partial charge on any atom is 0.238 e. The number of nitrogens with one attached hydrogen (secondary N) is 1. The lowest BCUT2D eigenvalue weighted by Crippen LogP contribution is -2.48. The number of amidine groups is 1. The summed E-state index contributed by atoms with van der Waals surface area (Å²) >= 11 is 9.25. The van der Waals surface area contributed by atoms with Crippen LogP contribution in [0.3, 0.4) is 0 Å². The van der Waals surface area contributed by atoms with E-state index in [0.717, 1.165) is 19.3 Å². The summed E-state index contributed by atoms with van der Waals surface area (Å²) < 4.78 is 0.689. The van der Waals surface area contributed by atoms with Crippen molar-refractivity contribution in [3.8, 4) is 0 Å². The molecule has 21 heavy (non-hydrogen) atoms. The van der Waals surface area contributed by atoms with Crippen LogP contribution in [0.25, 0.3) is 0 Å². The molecule has 1 fully saturated rings. The molecule has 0 aliphatic heterocycles. The monoisotopic (exact) mass is 373 g/mol. The molecule has 1 aliphatic carbocycles. The lowest BCUT2D eigenvalue weighted by Gasteiger charge is -2.34. The minimum atomic E-state index is -0.938. The van der Waals surface area contributed by atoms with Gasteiger partial charge in [-0.15, -0.1) is 0 Å². The number of oxime groups is 1. The van der Waals surface area contributed by atoms with Gasteiger partial charge in [0.2, 0.25) is 5.91 Å². The molecule has 7 heteroatoms. The van der Waals surface area contributed by atoms with Gasteiger partial charge in [0.25, 0.3) is 0 Å². The van der Waals surface area contributed by atoms with E-state index in [-0.39, 0.29) is 11.7 Å². The van der Waals surface area contributed by atoms with Crippen LogP contribution in [0.2, 0.25) is 5.02 Å². The Morgan fingerprint density at radius 2 is 2.05 bits per heavy atom. The van der Waals surface area contributed by atoms with Crippen LogP contribution >= 0.6 is 27.5 Å². The standard InChI is InChI=1S/C14H17BrClN3O2/c15-10-8-9(16)4-5-11(10)18-13(20)14(12(17)19-21)6-2-1-3-7-14/h4-5,8,21H,1-3,6-7H2,(H2,17,19)(H,18,20). The fraction of sp³-hybridized carbons (Fsp3) is 0.429. The molecule has 0 atom stereocenters. The third-order valence-corrected chi connectivity index (χ3v) is 4.81. The molecule has 1 amide bonds. The zero-order valence-corrected chi connectivity index (χ0v) is 13.7. The Kier molecular flexibility index (Phi) is 5.11. The minimum Gasteiger partial charge on any atom is -0.409 e. The van der Waals surface area contributed by atoms with Gasteiger partial charge in [-0.3, -0.25) is 4.79 Å². The molecule has 0 radical (unpaired) electrons. The van der Waals surface area contributed by atoms with Crippen LogP contribution in [0.5, 0.6) is 0 Å². The van der Waals surface area contributed by atoms with Crippen LogP contribution < -0.4 is 11.1 Å². The van der Waals surface area contributed by atoms with Gasteiger partial charge >= 0.3 is 0 Å². The molecule has 4 N–H and O–H groups in total. The summed E-state index contributed by atoms with van der Waals surface area (Å²) in [6.07, 6.45) is 3.98. The molecule has 0 aromatic heterocycles. The molecule has 114 valence electrons. The molecule has 0 bridgehead atoms. The zero-order valence-electron chi connectivity index (χ0n) is 11.4. The van der Waals surface area contributed by atoms with Crippen molar-refractivity contribution in [2.45, 2.75) is 32.1 Å². The normalized spacial score (nSPS) is 18.3. The first-order chi connectivity index (χ1) is 9.99. The molecule has 1 aromatic rings. The summed E-state index contributed by atoms with van der Waals surface area (Å²) in [5, 5.41) is 15.5. The molecule has 5 nitrogen and oxygen atoms in total. The second-order valence-electron chi connectivity index (χ2n) is 5.21. The van der Waals surface area contributed by atoms with E-state index in [2.05, 4.69) is 26.4 Å². The Morgan fingerprint density at radius 1 is 1.38 bits per heavy atom. The van der Waals surface area contributed by atoms with Crippen LogP contribution in [0, 0.1) is 5.41 Å². The van der Waals surface area contributed by atoms with Crippen molar-refractivity contribution in [1.29, 1.82) is 0 Å². The Balaban J connectivity index is 2.27. The Bertz CT molecular complexity index is 571. The quantitative estimate of drug-likeness (QED) is 0.326. The topological polar surface area (TPSA) is 87.7 Å². The first kappa shape index (κ1) is 16.1. The van der Waals surface area contributed by atoms with Crippen LogP contribution in [0.4, 0.5) is 5.69 Å². The molecule has 0 spiro atoms. The summed E-state index contributed by atoms with van der Waals surface area (Å²) in [4.78, 5) is 12.7. The fourth-order valence-electron chi connectivity index (χ4n) is 2.68. The Morgan fingerprint density at radius 3 is 2.62 bits per heavy atom. The maximum absolute atomic E-state index is 12.7. The molecule has 0 unspecified atom stereocenters. The van der Waals surface area contributed by atoms with Crippen molar-refractivity contribution < 1.29 is 10.0 Å². The lowest BCUT2D eigenvalue weighted by molar-refractivity contribution is -0.123. The summed E-state index contributed by atoms with van der Waals surface area (Å²) in [5.74, 6) is -0.273. The summed E-state index contributed by atoms with van der Waals surface area (Å²) in [5.41, 5.74) is 5.48. The smallest absolute Gasteiger partial charge is 0.238 e. The van der Waals surface area contributed by atoms with Gasteiger partial charge in [-0.25, -0.2) is 0 Å². The zero-order chi connectivity index (χ0) is 15.5. The number of hydrogen-bond donors (Lipinski definition) is 3. The number of hydrogen-bond acceptors (Lipinski definition) is 3. The van der Waals surface area contributed by atoms with E-state index in [1.54, 1.807) is 18.2 Å². The Labute approximate surface area is 136 Å². The van der Waals surface area contributed by atoms with Gasteiger partial charge in [-0.05, 0) is 47.0 Å². The number of amides is 1. The van der Waals surface area contributed by atoms with Crippen molar-refractivity contribution in [3.63, 3.8) is 0 Å². The van der Waals surface area contributed by atoms with E-state index >= 15 is 0 Å². The van der Waals surface area contributed by atoms with Gasteiger partial charge in [-0.1, -0.05) is 36.0 Å². The molecular formula is C14H17BrClN3O2. The number of carbonyl (C=O) groups excluding carboxylic acids is 1. The number of nitrogens with zero attached hydrogens (tertiary/aromatic N) is 1. The van der Waals surface area contributed by atoms with Gasteiger partial charge in [-0.2, -0.15) is 0 Å². The highest BCUT2D eigenvalue weighted by molar-refractivity contribution is 9.10. The van der Waals surface area contributed by atoms with Crippen molar-refractivity contribution in [3.05, 3.63) is 27.7 Å². The van der Waals surface area contributed by atoms with Gasteiger partial charge in [0.15, 0.2) is 5.84 Å². The molecule has 2 rings (SSSR count). The van der Waals surface area contributed by atoms with E-state index in [1.165, 1.54) is 0 Å².